The van der Waals surface area contributed by atoms with Crippen LogP contribution in [0.5, 0.6) is 5.75 Å². The van der Waals surface area contributed by atoms with Crippen LogP contribution in [0.4, 0.5) is 0 Å². The lowest BCUT2D eigenvalue weighted by molar-refractivity contribution is -0.159. The van der Waals surface area contributed by atoms with Gasteiger partial charge in [0, 0.05) is 13.1 Å². The molecule has 1 aliphatic heterocycles. The maximum Gasteiger partial charge on any atom is 0.414 e. The molecule has 2 rings (SSSR count). The second-order valence-corrected chi connectivity index (χ2v) is 4.31. The fourth-order valence-corrected chi connectivity index (χ4v) is 1.62. The number of rotatable bonds is 2. The standard InChI is InChI=1S/C11H15NO2.C2H2O4/c1-8-3-2-4-9(5-8)14-11-7-12-6-10(11)13;3-1(4)2(5)6/h2-5,10-13H,6-7H2,1H3;(H,3,4)(H,5,6)/t10-,11-;/m0./s1. The predicted octanol–water partition coefficient (Wildman–Crippen LogP) is -0.138. The maximum atomic E-state index is 9.53. The van der Waals surface area contributed by atoms with Gasteiger partial charge < -0.3 is 25.4 Å². The molecule has 1 aliphatic rings. The Morgan fingerprint density at radius 2 is 1.90 bits per heavy atom. The molecule has 4 N–H and O–H groups in total. The summed E-state index contributed by atoms with van der Waals surface area (Å²) in [7, 11) is 0. The highest BCUT2D eigenvalue weighted by molar-refractivity contribution is 6.27. The van der Waals surface area contributed by atoms with Gasteiger partial charge >= 0.3 is 11.9 Å². The molecule has 0 radical (unpaired) electrons. The highest BCUT2D eigenvalue weighted by Crippen LogP contribution is 2.16. The number of hydrogen-bond acceptors (Lipinski definition) is 5. The summed E-state index contributed by atoms with van der Waals surface area (Å²) in [4.78, 5) is 18.2. The van der Waals surface area contributed by atoms with Gasteiger partial charge in [0.15, 0.2) is 0 Å². The van der Waals surface area contributed by atoms with E-state index in [1.165, 1.54) is 5.56 Å². The van der Waals surface area contributed by atoms with E-state index in [4.69, 9.17) is 24.5 Å². The highest BCUT2D eigenvalue weighted by atomic mass is 16.5. The van der Waals surface area contributed by atoms with Crippen molar-refractivity contribution in [3.05, 3.63) is 29.8 Å². The Morgan fingerprint density at radius 3 is 2.35 bits per heavy atom. The SMILES string of the molecule is Cc1cccc(O[C@H]2CNC[C@@H]2O)c1.O=C(O)C(=O)O. The van der Waals surface area contributed by atoms with Crippen molar-refractivity contribution in [2.45, 2.75) is 19.1 Å². The first-order chi connectivity index (χ1) is 9.40. The van der Waals surface area contributed by atoms with Crippen LogP contribution in [0.1, 0.15) is 5.56 Å². The topological polar surface area (TPSA) is 116 Å². The number of β-amino-alcohol motifs (C(OH)–C–C–N with tert-alkyl or cyclic N) is 1. The van der Waals surface area contributed by atoms with Crippen LogP contribution < -0.4 is 10.1 Å². The molecule has 0 aromatic heterocycles. The summed E-state index contributed by atoms with van der Waals surface area (Å²) in [6.45, 7) is 3.36. The average Bonchev–Trinajstić information content (AvgIpc) is 2.76. The molecular weight excluding hydrogens is 266 g/mol. The molecule has 0 amide bonds. The van der Waals surface area contributed by atoms with Crippen LogP contribution in [0.3, 0.4) is 0 Å². The Bertz CT molecular complexity index is 464. The van der Waals surface area contributed by atoms with E-state index in [9.17, 15) is 5.11 Å². The summed E-state index contributed by atoms with van der Waals surface area (Å²) in [6, 6.07) is 7.87. The summed E-state index contributed by atoms with van der Waals surface area (Å²) in [5.41, 5.74) is 1.17. The number of aliphatic carboxylic acids is 2. The zero-order valence-electron chi connectivity index (χ0n) is 10.9. The van der Waals surface area contributed by atoms with Gasteiger partial charge in [0.1, 0.15) is 18.0 Å². The van der Waals surface area contributed by atoms with Crippen molar-refractivity contribution in [2.24, 2.45) is 0 Å². The molecule has 1 heterocycles. The highest BCUT2D eigenvalue weighted by Gasteiger charge is 2.26. The maximum absolute atomic E-state index is 9.53. The Labute approximate surface area is 115 Å². The third kappa shape index (κ3) is 5.25. The van der Waals surface area contributed by atoms with Crippen molar-refractivity contribution < 1.29 is 29.6 Å². The number of carboxylic acids is 2. The Hall–Kier alpha value is -2.12. The zero-order valence-corrected chi connectivity index (χ0v) is 10.9. The van der Waals surface area contributed by atoms with Crippen molar-refractivity contribution >= 4 is 11.9 Å². The number of carboxylic acid groups (broad SMARTS) is 2. The normalized spacial score (nSPS) is 20.7. The monoisotopic (exact) mass is 283 g/mol. The smallest absolute Gasteiger partial charge is 0.414 e. The first-order valence-corrected chi connectivity index (χ1v) is 5.98. The number of nitrogens with one attached hydrogen (secondary N) is 1. The van der Waals surface area contributed by atoms with Gasteiger partial charge in [-0.2, -0.15) is 0 Å². The van der Waals surface area contributed by atoms with E-state index in [0.717, 1.165) is 12.3 Å². The molecule has 110 valence electrons. The van der Waals surface area contributed by atoms with Crippen LogP contribution in [-0.2, 0) is 9.59 Å². The number of aliphatic hydroxyl groups is 1. The molecule has 20 heavy (non-hydrogen) atoms. The molecule has 0 aliphatic carbocycles. The lowest BCUT2D eigenvalue weighted by Gasteiger charge is -2.16. The number of ether oxygens (including phenoxy) is 1. The van der Waals surface area contributed by atoms with Crippen LogP contribution in [0.2, 0.25) is 0 Å². The van der Waals surface area contributed by atoms with E-state index in [-0.39, 0.29) is 6.10 Å². The first kappa shape index (κ1) is 15.9. The van der Waals surface area contributed by atoms with Gasteiger partial charge in [-0.25, -0.2) is 9.59 Å². The van der Waals surface area contributed by atoms with Gasteiger partial charge in [0.2, 0.25) is 0 Å². The Balaban J connectivity index is 0.000000286. The molecule has 1 aromatic carbocycles. The lowest BCUT2D eigenvalue weighted by Crippen LogP contribution is -2.29. The fraction of sp³-hybridized carbons (Fsp3) is 0.385. The summed E-state index contributed by atoms with van der Waals surface area (Å²) in [5.74, 6) is -2.82. The van der Waals surface area contributed by atoms with Gasteiger partial charge in [0.25, 0.3) is 0 Å². The fourth-order valence-electron chi connectivity index (χ4n) is 1.62. The van der Waals surface area contributed by atoms with Gasteiger partial charge in [-0.1, -0.05) is 12.1 Å². The van der Waals surface area contributed by atoms with Crippen molar-refractivity contribution in [2.75, 3.05) is 13.1 Å². The number of benzene rings is 1. The quantitative estimate of drug-likeness (QED) is 0.558. The van der Waals surface area contributed by atoms with Crippen LogP contribution in [0.25, 0.3) is 0 Å². The van der Waals surface area contributed by atoms with Crippen LogP contribution in [0.15, 0.2) is 24.3 Å². The van der Waals surface area contributed by atoms with E-state index in [0.29, 0.717) is 6.54 Å². The molecule has 1 aromatic rings. The third-order valence-electron chi connectivity index (χ3n) is 2.59. The van der Waals surface area contributed by atoms with Crippen LogP contribution >= 0.6 is 0 Å². The molecule has 0 unspecified atom stereocenters. The number of aliphatic hydroxyl groups excluding tert-OH is 1. The van der Waals surface area contributed by atoms with Crippen molar-refractivity contribution in [3.63, 3.8) is 0 Å². The van der Waals surface area contributed by atoms with Crippen LogP contribution in [0, 0.1) is 6.92 Å². The minimum atomic E-state index is -1.82. The minimum absolute atomic E-state index is 0.114. The van der Waals surface area contributed by atoms with Crippen molar-refractivity contribution in [3.8, 4) is 5.75 Å². The second-order valence-electron chi connectivity index (χ2n) is 4.31. The number of hydrogen-bond donors (Lipinski definition) is 4. The van der Waals surface area contributed by atoms with Crippen molar-refractivity contribution in [1.29, 1.82) is 0 Å². The average molecular weight is 283 g/mol. The molecule has 0 bridgehead atoms. The van der Waals surface area contributed by atoms with E-state index in [2.05, 4.69) is 5.32 Å². The molecule has 0 saturated carbocycles. The lowest BCUT2D eigenvalue weighted by atomic mass is 10.2. The summed E-state index contributed by atoms with van der Waals surface area (Å²) in [6.07, 6.45) is -0.507. The van der Waals surface area contributed by atoms with E-state index in [1.54, 1.807) is 0 Å². The Kier molecular flexibility index (Phi) is 5.95. The minimum Gasteiger partial charge on any atom is -0.486 e. The van der Waals surface area contributed by atoms with E-state index >= 15 is 0 Å². The second kappa shape index (κ2) is 7.46. The summed E-state index contributed by atoms with van der Waals surface area (Å²) in [5, 5.41) is 27.4. The molecule has 1 saturated heterocycles. The summed E-state index contributed by atoms with van der Waals surface area (Å²) >= 11 is 0. The van der Waals surface area contributed by atoms with E-state index < -0.39 is 18.0 Å². The molecule has 7 nitrogen and oxygen atoms in total. The van der Waals surface area contributed by atoms with Gasteiger partial charge in [-0.05, 0) is 24.6 Å². The van der Waals surface area contributed by atoms with Gasteiger partial charge in [0.05, 0.1) is 0 Å². The molecular formula is C13H17NO6. The van der Waals surface area contributed by atoms with Crippen LogP contribution in [-0.4, -0.2) is 52.6 Å². The third-order valence-corrected chi connectivity index (χ3v) is 2.59. The zero-order chi connectivity index (χ0) is 15.1. The summed E-state index contributed by atoms with van der Waals surface area (Å²) < 4.78 is 5.66. The number of carbonyl (C=O) groups is 2. The number of aryl methyl sites for hydroxylation is 1. The largest absolute Gasteiger partial charge is 0.486 e. The van der Waals surface area contributed by atoms with E-state index in [1.807, 2.05) is 31.2 Å². The predicted molar refractivity (Wildman–Crippen MR) is 69.7 cm³/mol. The molecule has 7 heteroatoms. The first-order valence-electron chi connectivity index (χ1n) is 5.98. The molecule has 2 atom stereocenters. The van der Waals surface area contributed by atoms with Crippen molar-refractivity contribution in [1.82, 2.24) is 5.32 Å². The van der Waals surface area contributed by atoms with Gasteiger partial charge in [-0.15, -0.1) is 0 Å². The van der Waals surface area contributed by atoms with Gasteiger partial charge in [-0.3, -0.25) is 0 Å². The molecule has 1 fully saturated rings. The molecule has 0 spiro atoms. The Morgan fingerprint density at radius 1 is 1.25 bits per heavy atom.